The van der Waals surface area contributed by atoms with E-state index in [1.165, 1.54) is 31.5 Å². The zero-order valence-corrected chi connectivity index (χ0v) is 8.24. The molecule has 0 aromatic heterocycles. The molecule has 0 spiro atoms. The van der Waals surface area contributed by atoms with Crippen LogP contribution < -0.4 is 0 Å². The second-order valence-corrected chi connectivity index (χ2v) is 3.96. The molecule has 1 aliphatic heterocycles. The first-order chi connectivity index (χ1) is 6.36. The lowest BCUT2D eigenvalue weighted by Gasteiger charge is -2.26. The molecule has 0 radical (unpaired) electrons. The van der Waals surface area contributed by atoms with Gasteiger partial charge in [0.25, 0.3) is 0 Å². The van der Waals surface area contributed by atoms with Crippen LogP contribution in [0.15, 0.2) is 36.0 Å². The van der Waals surface area contributed by atoms with Crippen molar-refractivity contribution in [2.45, 2.75) is 12.8 Å². The molecule has 2 rings (SSSR count). The van der Waals surface area contributed by atoms with E-state index < -0.39 is 0 Å². The van der Waals surface area contributed by atoms with Crippen molar-refractivity contribution in [1.29, 1.82) is 0 Å². The molecular weight excluding hydrogens is 158 g/mol. The lowest BCUT2D eigenvalue weighted by atomic mass is 9.92. The number of nitrogens with zero attached hydrogens (tertiary/aromatic N) is 1. The van der Waals surface area contributed by atoms with Crippen LogP contribution in [0.3, 0.4) is 0 Å². The van der Waals surface area contributed by atoms with E-state index in [2.05, 4.69) is 42.3 Å². The van der Waals surface area contributed by atoms with Gasteiger partial charge in [-0.2, -0.15) is 0 Å². The molecule has 1 atom stereocenters. The van der Waals surface area contributed by atoms with E-state index in [0.717, 1.165) is 0 Å². The highest BCUT2D eigenvalue weighted by molar-refractivity contribution is 5.33. The van der Waals surface area contributed by atoms with Crippen molar-refractivity contribution in [2.24, 2.45) is 5.92 Å². The molecule has 1 nitrogen and oxygen atoms in total. The molecule has 0 saturated carbocycles. The van der Waals surface area contributed by atoms with Crippen molar-refractivity contribution < 1.29 is 0 Å². The van der Waals surface area contributed by atoms with Crippen LogP contribution in [0.5, 0.6) is 0 Å². The molecule has 1 aliphatic carbocycles. The minimum absolute atomic E-state index is 0.635. The molecule has 2 aliphatic rings. The van der Waals surface area contributed by atoms with E-state index >= 15 is 0 Å². The maximum Gasteiger partial charge on any atom is 0.0145 e. The molecule has 1 heterocycles. The van der Waals surface area contributed by atoms with Crippen LogP contribution in [0.2, 0.25) is 0 Å². The first kappa shape index (κ1) is 8.76. The highest BCUT2D eigenvalue weighted by Crippen LogP contribution is 2.22. The summed E-state index contributed by atoms with van der Waals surface area (Å²) >= 11 is 0. The van der Waals surface area contributed by atoms with Gasteiger partial charge in [0.05, 0.1) is 0 Å². The summed E-state index contributed by atoms with van der Waals surface area (Å²) in [5, 5.41) is 0. The summed E-state index contributed by atoms with van der Waals surface area (Å²) in [4.78, 5) is 2.43. The van der Waals surface area contributed by atoms with Gasteiger partial charge in [-0.15, -0.1) is 0 Å². The average molecular weight is 175 g/mol. The lowest BCUT2D eigenvalue weighted by Crippen LogP contribution is -2.28. The SMILES string of the molecule is CN1CCCC=C2C=CC=CC2C1. The first-order valence-electron chi connectivity index (χ1n) is 5.10. The monoisotopic (exact) mass is 175 g/mol. The van der Waals surface area contributed by atoms with Gasteiger partial charge in [0.15, 0.2) is 0 Å². The summed E-state index contributed by atoms with van der Waals surface area (Å²) in [6.07, 6.45) is 13.8. The Labute approximate surface area is 80.4 Å². The van der Waals surface area contributed by atoms with Gasteiger partial charge in [0, 0.05) is 12.5 Å². The molecule has 0 bridgehead atoms. The maximum absolute atomic E-state index is 2.43. The highest BCUT2D eigenvalue weighted by atomic mass is 15.1. The standard InChI is InChI=1S/C12H17N/c1-13-9-5-4-7-11-6-2-3-8-12(11)10-13/h2-3,6-8,12H,4-5,9-10H2,1H3. The largest absolute Gasteiger partial charge is 0.305 e. The predicted octanol–water partition coefficient (Wildman–Crippen LogP) is 2.38. The van der Waals surface area contributed by atoms with Crippen molar-refractivity contribution in [1.82, 2.24) is 4.90 Å². The summed E-state index contributed by atoms with van der Waals surface area (Å²) in [5.74, 6) is 0.635. The fourth-order valence-corrected chi connectivity index (χ4v) is 2.04. The Morgan fingerprint density at radius 3 is 3.23 bits per heavy atom. The zero-order chi connectivity index (χ0) is 9.10. The summed E-state index contributed by atoms with van der Waals surface area (Å²) in [5.41, 5.74) is 1.51. The molecule has 70 valence electrons. The summed E-state index contributed by atoms with van der Waals surface area (Å²) in [6.45, 7) is 2.41. The second kappa shape index (κ2) is 3.93. The van der Waals surface area contributed by atoms with Gasteiger partial charge >= 0.3 is 0 Å². The van der Waals surface area contributed by atoms with Crippen molar-refractivity contribution in [3.8, 4) is 0 Å². The van der Waals surface area contributed by atoms with Gasteiger partial charge in [0.1, 0.15) is 0 Å². The van der Waals surface area contributed by atoms with Crippen LogP contribution >= 0.6 is 0 Å². The molecular formula is C12H17N. The summed E-state index contributed by atoms with van der Waals surface area (Å²) in [6, 6.07) is 0. The fraction of sp³-hybridized carbons (Fsp3) is 0.500. The molecule has 13 heavy (non-hydrogen) atoms. The third-order valence-electron chi connectivity index (χ3n) is 2.80. The highest BCUT2D eigenvalue weighted by Gasteiger charge is 2.15. The molecule has 0 saturated heterocycles. The zero-order valence-electron chi connectivity index (χ0n) is 8.24. The smallest absolute Gasteiger partial charge is 0.0145 e. The quantitative estimate of drug-likeness (QED) is 0.546. The molecule has 0 aromatic rings. The number of hydrogen-bond acceptors (Lipinski definition) is 1. The van der Waals surface area contributed by atoms with Crippen molar-refractivity contribution in [2.75, 3.05) is 20.1 Å². The Hall–Kier alpha value is -0.820. The average Bonchev–Trinajstić information content (AvgIpc) is 2.11. The van der Waals surface area contributed by atoms with Gasteiger partial charge < -0.3 is 4.90 Å². The summed E-state index contributed by atoms with van der Waals surface area (Å²) < 4.78 is 0. The van der Waals surface area contributed by atoms with Crippen LogP contribution in [0, 0.1) is 5.92 Å². The van der Waals surface area contributed by atoms with Crippen molar-refractivity contribution in [3.63, 3.8) is 0 Å². The predicted molar refractivity (Wildman–Crippen MR) is 56.6 cm³/mol. The molecule has 0 fully saturated rings. The first-order valence-corrected chi connectivity index (χ1v) is 5.10. The van der Waals surface area contributed by atoms with Gasteiger partial charge in [-0.1, -0.05) is 30.4 Å². The Morgan fingerprint density at radius 2 is 2.31 bits per heavy atom. The van der Waals surface area contributed by atoms with E-state index in [4.69, 9.17) is 0 Å². The van der Waals surface area contributed by atoms with E-state index in [1.807, 2.05) is 0 Å². The third kappa shape index (κ3) is 2.10. The Kier molecular flexibility index (Phi) is 2.65. The van der Waals surface area contributed by atoms with E-state index in [9.17, 15) is 0 Å². The van der Waals surface area contributed by atoms with E-state index in [1.54, 1.807) is 0 Å². The Balaban J connectivity index is 2.16. The second-order valence-electron chi connectivity index (χ2n) is 3.96. The molecule has 1 heteroatoms. The van der Waals surface area contributed by atoms with Gasteiger partial charge in [-0.05, 0) is 32.0 Å². The third-order valence-corrected chi connectivity index (χ3v) is 2.80. The number of rotatable bonds is 0. The minimum Gasteiger partial charge on any atom is -0.305 e. The van der Waals surface area contributed by atoms with E-state index in [0.29, 0.717) is 5.92 Å². The fourth-order valence-electron chi connectivity index (χ4n) is 2.04. The van der Waals surface area contributed by atoms with Crippen LogP contribution in [0.1, 0.15) is 12.8 Å². The normalized spacial score (nSPS) is 29.0. The Morgan fingerprint density at radius 1 is 1.38 bits per heavy atom. The van der Waals surface area contributed by atoms with Crippen LogP contribution in [0.25, 0.3) is 0 Å². The van der Waals surface area contributed by atoms with E-state index in [-0.39, 0.29) is 0 Å². The van der Waals surface area contributed by atoms with Crippen molar-refractivity contribution >= 4 is 0 Å². The van der Waals surface area contributed by atoms with Crippen LogP contribution in [-0.2, 0) is 0 Å². The van der Waals surface area contributed by atoms with Gasteiger partial charge in [-0.3, -0.25) is 0 Å². The maximum atomic E-state index is 2.43. The number of fused-ring (bicyclic) bond motifs is 1. The molecule has 0 N–H and O–H groups in total. The van der Waals surface area contributed by atoms with Crippen LogP contribution in [0.4, 0.5) is 0 Å². The molecule has 1 unspecified atom stereocenters. The molecule has 0 aromatic carbocycles. The number of allylic oxidation sites excluding steroid dienone is 4. The number of hydrogen-bond donors (Lipinski definition) is 0. The van der Waals surface area contributed by atoms with Gasteiger partial charge in [0.2, 0.25) is 0 Å². The topological polar surface area (TPSA) is 3.24 Å². The minimum atomic E-state index is 0.635. The molecule has 0 amide bonds. The Bertz CT molecular complexity index is 260. The lowest BCUT2D eigenvalue weighted by molar-refractivity contribution is 0.306. The van der Waals surface area contributed by atoms with Gasteiger partial charge in [-0.25, -0.2) is 0 Å². The van der Waals surface area contributed by atoms with Crippen molar-refractivity contribution in [3.05, 3.63) is 36.0 Å². The van der Waals surface area contributed by atoms with Crippen LogP contribution in [-0.4, -0.2) is 25.0 Å². The summed E-state index contributed by atoms with van der Waals surface area (Å²) in [7, 11) is 2.22.